The van der Waals surface area contributed by atoms with Crippen LogP contribution < -0.4 is 22.9 Å². The van der Waals surface area contributed by atoms with Crippen molar-refractivity contribution in [1.82, 2.24) is 0 Å². The van der Waals surface area contributed by atoms with Gasteiger partial charge in [0.05, 0.1) is 0 Å². The third kappa shape index (κ3) is 89.6. The van der Waals surface area contributed by atoms with Crippen LogP contribution in [0.2, 0.25) is 0 Å². The molecule has 0 aliphatic heterocycles. The van der Waals surface area contributed by atoms with Gasteiger partial charge in [-0.3, -0.25) is 0 Å². The van der Waals surface area contributed by atoms with Gasteiger partial charge in [-0.2, -0.15) is 0 Å². The minimum atomic E-state index is 0.597. The first kappa shape index (κ1) is 18.2. The number of hydrogen-bond donors (Lipinski definition) is 4. The van der Waals surface area contributed by atoms with Gasteiger partial charge in [-0.15, -0.1) is 0 Å². The predicted molar refractivity (Wildman–Crippen MR) is 54.1 cm³/mol. The van der Waals surface area contributed by atoms with Gasteiger partial charge in [0.25, 0.3) is 0 Å². The first-order valence-electron chi connectivity index (χ1n) is 2.88. The zero-order valence-electron chi connectivity index (χ0n) is 6.23. The Bertz CT molecular complexity index is 35.3. The quantitative estimate of drug-likeness (QED) is 0.544. The predicted octanol–water partition coefficient (Wildman–Crippen LogP) is -0.504. The third-order valence-corrected chi connectivity index (χ3v) is 0.333. The fraction of sp³-hybridized carbons (Fsp3) is 1.00. The van der Waals surface area contributed by atoms with Crippen LogP contribution in [-0.4, -0.2) is 26.2 Å². The Morgan fingerprint density at radius 2 is 0.818 bits per heavy atom. The van der Waals surface area contributed by atoms with Crippen molar-refractivity contribution in [1.29, 1.82) is 0 Å². The van der Waals surface area contributed by atoms with Crippen molar-refractivity contribution in [3.05, 3.63) is 0 Å². The second-order valence-electron chi connectivity index (χ2n) is 1.20. The molecule has 0 aromatic carbocycles. The average molecular weight is 339 g/mol. The fourth-order valence-electron chi connectivity index (χ4n) is 0. The number of hydrogen-bond acceptors (Lipinski definition) is 4. The van der Waals surface area contributed by atoms with E-state index in [4.69, 9.17) is 22.9 Å². The molecule has 8 N–H and O–H groups in total. The molecule has 0 rings (SSSR count). The van der Waals surface area contributed by atoms with Gasteiger partial charge in [0, 0.05) is 26.2 Å². The molecule has 0 aliphatic rings. The van der Waals surface area contributed by atoms with Crippen molar-refractivity contribution in [2.75, 3.05) is 26.2 Å². The number of rotatable bonds is 2. The molecule has 0 aromatic heterocycles. The number of nitrogens with two attached hydrogens (primary N) is 4. The Balaban J connectivity index is -0.0000000886. The molecule has 0 fully saturated rings. The second-order valence-corrected chi connectivity index (χ2v) is 6.46. The van der Waals surface area contributed by atoms with E-state index in [9.17, 15) is 0 Å². The van der Waals surface area contributed by atoms with Gasteiger partial charge < -0.3 is 22.9 Å². The molecule has 0 atom stereocenters. The summed E-state index contributed by atoms with van der Waals surface area (Å²) in [5, 5.41) is 0. The van der Waals surface area contributed by atoms with E-state index in [1.54, 1.807) is 0 Å². The molecule has 11 heavy (non-hydrogen) atoms. The van der Waals surface area contributed by atoms with Crippen LogP contribution >= 0.6 is 28.3 Å². The number of halogens is 2. The molecule has 0 saturated carbocycles. The van der Waals surface area contributed by atoms with E-state index in [2.05, 4.69) is 28.3 Å². The van der Waals surface area contributed by atoms with Crippen LogP contribution in [0.1, 0.15) is 0 Å². The van der Waals surface area contributed by atoms with Crippen LogP contribution in [0, 0.1) is 0 Å². The van der Waals surface area contributed by atoms with E-state index < -0.39 is 0 Å². The molecule has 4 nitrogen and oxygen atoms in total. The molecule has 0 aliphatic carbocycles. The Labute approximate surface area is 88.3 Å². The van der Waals surface area contributed by atoms with Crippen molar-refractivity contribution >= 4 is 28.3 Å². The summed E-state index contributed by atoms with van der Waals surface area (Å²) in [6.07, 6.45) is 0. The molecule has 0 amide bonds. The summed E-state index contributed by atoms with van der Waals surface area (Å²) in [5.74, 6) is 0. The minimum absolute atomic E-state index is 0.597. The average Bonchev–Trinajstić information content (AvgIpc) is 2.06. The van der Waals surface area contributed by atoms with Gasteiger partial charge >= 0.3 is 39.5 Å². The van der Waals surface area contributed by atoms with Crippen molar-refractivity contribution in [3.63, 3.8) is 0 Å². The molecular formula is C4H16Br2CoN4. The third-order valence-electron chi connectivity index (χ3n) is 0.333. The Morgan fingerprint density at radius 1 is 0.727 bits per heavy atom. The molecule has 0 saturated heterocycles. The Kier molecular flexibility index (Phi) is 49.9. The van der Waals surface area contributed by atoms with Gasteiger partial charge in [0.2, 0.25) is 0 Å². The summed E-state index contributed by atoms with van der Waals surface area (Å²) >= 11 is 7.12. The topological polar surface area (TPSA) is 104 Å². The van der Waals surface area contributed by atoms with Gasteiger partial charge in [0.1, 0.15) is 0 Å². The normalized spacial score (nSPS) is 7.45. The fourth-order valence-corrected chi connectivity index (χ4v) is 0. The summed E-state index contributed by atoms with van der Waals surface area (Å²) in [6.45, 7) is 2.39. The summed E-state index contributed by atoms with van der Waals surface area (Å²) in [6, 6.07) is 0. The maximum absolute atomic E-state index is 4.90. The van der Waals surface area contributed by atoms with E-state index >= 15 is 0 Å². The van der Waals surface area contributed by atoms with Crippen LogP contribution in [0.4, 0.5) is 0 Å². The van der Waals surface area contributed by atoms with E-state index in [-0.39, 0.29) is 0 Å². The van der Waals surface area contributed by atoms with Crippen molar-refractivity contribution in [2.24, 2.45) is 22.9 Å². The molecule has 0 heterocycles. The van der Waals surface area contributed by atoms with Gasteiger partial charge in [-0.05, 0) is 0 Å². The second kappa shape index (κ2) is 30.2. The Morgan fingerprint density at radius 3 is 0.818 bits per heavy atom. The van der Waals surface area contributed by atoms with Gasteiger partial charge in [-0.1, -0.05) is 0 Å². The summed E-state index contributed by atoms with van der Waals surface area (Å²) < 4.78 is 0. The van der Waals surface area contributed by atoms with E-state index in [1.807, 2.05) is 0 Å². The van der Waals surface area contributed by atoms with Crippen molar-refractivity contribution < 1.29 is 11.1 Å². The molecule has 0 unspecified atom stereocenters. The molecule has 0 aromatic rings. The summed E-state index contributed by atoms with van der Waals surface area (Å²) in [4.78, 5) is 0. The standard InChI is InChI=1S/2C2H8N2.2BrH.Co/c2*3-1-2-4;;;/h2*1-4H2;2*1H;/q;;;;+2/p-2. The first-order valence-corrected chi connectivity index (χ1v) is 8.03. The van der Waals surface area contributed by atoms with Gasteiger partial charge in [-0.25, -0.2) is 0 Å². The molecule has 7 heteroatoms. The van der Waals surface area contributed by atoms with Crippen LogP contribution in [0.5, 0.6) is 0 Å². The summed E-state index contributed by atoms with van der Waals surface area (Å²) in [7, 11) is 0. The van der Waals surface area contributed by atoms with Crippen LogP contribution in [0.15, 0.2) is 0 Å². The van der Waals surface area contributed by atoms with E-state index in [0.29, 0.717) is 26.2 Å². The molecule has 0 spiro atoms. The van der Waals surface area contributed by atoms with Crippen molar-refractivity contribution in [2.45, 2.75) is 0 Å². The van der Waals surface area contributed by atoms with Crippen LogP contribution in [0.3, 0.4) is 0 Å². The zero-order chi connectivity index (χ0) is 9.54. The van der Waals surface area contributed by atoms with Gasteiger partial charge in [0.15, 0.2) is 0 Å². The summed E-state index contributed by atoms with van der Waals surface area (Å²) in [5.41, 5.74) is 19.6. The van der Waals surface area contributed by atoms with E-state index in [1.165, 1.54) is 0 Å². The van der Waals surface area contributed by atoms with Crippen molar-refractivity contribution in [3.8, 4) is 0 Å². The SMILES string of the molecule is NCCN.NCCN.[Br][Co][Br]. The van der Waals surface area contributed by atoms with Crippen LogP contribution in [-0.2, 0) is 11.1 Å². The molecule has 0 bridgehead atoms. The van der Waals surface area contributed by atoms with Crippen LogP contribution in [0.25, 0.3) is 0 Å². The molecule has 0 radical (unpaired) electrons. The first-order chi connectivity index (χ1) is 5.24. The maximum atomic E-state index is 4.90. The Hall–Kier alpha value is 1.31. The molecular weight excluding hydrogens is 323 g/mol. The zero-order valence-corrected chi connectivity index (χ0v) is 10.4. The van der Waals surface area contributed by atoms with E-state index in [0.717, 1.165) is 11.1 Å². The molecule has 75 valence electrons. The monoisotopic (exact) mass is 337 g/mol.